The van der Waals surface area contributed by atoms with Crippen LogP contribution in [0.15, 0.2) is 11.6 Å². The lowest BCUT2D eigenvalue weighted by Crippen LogP contribution is -2.26. The number of hydrogen-bond acceptors (Lipinski definition) is 3. The largest absolute Gasteiger partial charge is 0.456 e. The topological polar surface area (TPSA) is 43.4 Å². The first-order valence-electron chi connectivity index (χ1n) is 6.70. The van der Waals surface area contributed by atoms with E-state index in [4.69, 9.17) is 4.74 Å². The number of Topliss-reactive ketones (excluding diaryl/α,β-unsaturated/α-hetero) is 1. The van der Waals surface area contributed by atoms with E-state index < -0.39 is 11.6 Å². The van der Waals surface area contributed by atoms with Crippen LogP contribution in [0, 0.1) is 11.8 Å². The van der Waals surface area contributed by atoms with Crippen molar-refractivity contribution in [1.29, 1.82) is 0 Å². The second-order valence-corrected chi connectivity index (χ2v) is 5.39. The number of carbonyl (C=O) groups excluding carboxylic acids is 2. The Balaban J connectivity index is 4.64. The average molecular weight is 264 g/mol. The van der Waals surface area contributed by atoms with Gasteiger partial charge in [-0.2, -0.15) is 0 Å². The van der Waals surface area contributed by atoms with Gasteiger partial charge in [0, 0.05) is 12.5 Å². The van der Waals surface area contributed by atoms with Crippen molar-refractivity contribution >= 4 is 11.8 Å². The molecule has 0 fully saturated rings. The van der Waals surface area contributed by atoms with Crippen LogP contribution in [0.4, 0.5) is 0 Å². The maximum absolute atomic E-state index is 11.8. The highest BCUT2D eigenvalue weighted by molar-refractivity contribution is 6.16. The summed E-state index contributed by atoms with van der Waals surface area (Å²) >= 11 is 0. The highest BCUT2D eigenvalue weighted by Crippen LogP contribution is 2.11. The molecule has 0 aliphatic carbocycles. The lowest BCUT2D eigenvalue weighted by Gasteiger charge is -2.19. The van der Waals surface area contributed by atoms with Crippen LogP contribution in [-0.2, 0) is 14.3 Å². The molecule has 0 atom stereocenters. The lowest BCUT2D eigenvalue weighted by atomic mass is 10.1. The summed E-state index contributed by atoms with van der Waals surface area (Å²) in [4.78, 5) is 23.2. The molecule has 0 spiro atoms. The van der Waals surface area contributed by atoms with Crippen molar-refractivity contribution in [3.63, 3.8) is 0 Å². The zero-order chi connectivity index (χ0) is 14.9. The van der Waals surface area contributed by atoms with E-state index in [1.165, 1.54) is 13.0 Å². The highest BCUT2D eigenvalue weighted by Gasteiger charge is 2.22. The van der Waals surface area contributed by atoms with Crippen molar-refractivity contribution in [2.45, 2.75) is 65.9 Å². The first-order chi connectivity index (χ1) is 8.78. The van der Waals surface area contributed by atoms with Crippen LogP contribution in [0.3, 0.4) is 0 Å². The molecule has 0 radical (unpaired) electrons. The lowest BCUT2D eigenvalue weighted by molar-refractivity contribution is -0.150. The van der Waals surface area contributed by atoms with Gasteiger partial charge >= 0.3 is 5.97 Å². The molecule has 0 saturated heterocycles. The number of carbonyl (C=O) groups is 2. The Morgan fingerprint density at radius 2 is 1.84 bits per heavy atom. The zero-order valence-corrected chi connectivity index (χ0v) is 12.6. The number of rotatable bonds is 5. The maximum Gasteiger partial charge on any atom is 0.342 e. The van der Waals surface area contributed by atoms with Gasteiger partial charge in [-0.25, -0.2) is 4.79 Å². The third-order valence-corrected chi connectivity index (χ3v) is 2.22. The standard InChI is InChI=1S/C16H24O3/c1-6-7-8-9-10-11-12-14(13(2)17)15(18)19-16(3,4)5/h12H,6-9H2,1-5H3/b14-12+. The van der Waals surface area contributed by atoms with E-state index in [2.05, 4.69) is 18.8 Å². The van der Waals surface area contributed by atoms with Crippen molar-refractivity contribution in [3.05, 3.63) is 11.6 Å². The van der Waals surface area contributed by atoms with Crippen LogP contribution in [0.2, 0.25) is 0 Å². The van der Waals surface area contributed by atoms with Crippen LogP contribution < -0.4 is 0 Å². The molecule has 0 saturated carbocycles. The van der Waals surface area contributed by atoms with Gasteiger partial charge in [0.05, 0.1) is 0 Å². The molecule has 0 bridgehead atoms. The smallest absolute Gasteiger partial charge is 0.342 e. The SMILES string of the molecule is CCCCCC#C/C=C(\C(C)=O)C(=O)OC(C)(C)C. The summed E-state index contributed by atoms with van der Waals surface area (Å²) in [6.07, 6.45) is 5.48. The van der Waals surface area contributed by atoms with Crippen LogP contribution in [0.5, 0.6) is 0 Å². The van der Waals surface area contributed by atoms with Crippen LogP contribution in [0.25, 0.3) is 0 Å². The average Bonchev–Trinajstić information content (AvgIpc) is 2.24. The Morgan fingerprint density at radius 1 is 1.21 bits per heavy atom. The number of esters is 1. The monoisotopic (exact) mass is 264 g/mol. The molecule has 0 aromatic heterocycles. The summed E-state index contributed by atoms with van der Waals surface area (Å²) in [5.41, 5.74) is -0.599. The molecule has 3 heteroatoms. The van der Waals surface area contributed by atoms with Gasteiger partial charge in [0.1, 0.15) is 11.2 Å². The minimum absolute atomic E-state index is 0.0120. The molecule has 0 unspecified atom stereocenters. The molecule has 0 N–H and O–H groups in total. The van der Waals surface area contributed by atoms with Crippen molar-refractivity contribution in [2.75, 3.05) is 0 Å². The Bertz CT molecular complexity index is 400. The summed E-state index contributed by atoms with van der Waals surface area (Å²) < 4.78 is 5.16. The minimum Gasteiger partial charge on any atom is -0.456 e. The molecule has 0 aromatic rings. The normalized spacial score (nSPS) is 11.5. The molecule has 19 heavy (non-hydrogen) atoms. The molecule has 3 nitrogen and oxygen atoms in total. The third-order valence-electron chi connectivity index (χ3n) is 2.22. The number of unbranched alkanes of at least 4 members (excludes halogenated alkanes) is 3. The van der Waals surface area contributed by atoms with Gasteiger partial charge in [-0.15, -0.1) is 0 Å². The van der Waals surface area contributed by atoms with E-state index in [1.54, 1.807) is 20.8 Å². The van der Waals surface area contributed by atoms with Gasteiger partial charge in [-0.1, -0.05) is 31.6 Å². The maximum atomic E-state index is 11.8. The fourth-order valence-electron chi connectivity index (χ4n) is 1.30. The van der Waals surface area contributed by atoms with E-state index in [9.17, 15) is 9.59 Å². The number of hydrogen-bond donors (Lipinski definition) is 0. The Labute approximate surface area is 116 Å². The first-order valence-corrected chi connectivity index (χ1v) is 6.70. The highest BCUT2D eigenvalue weighted by atomic mass is 16.6. The van der Waals surface area contributed by atoms with Crippen molar-refractivity contribution in [2.24, 2.45) is 0 Å². The van der Waals surface area contributed by atoms with Crippen LogP contribution >= 0.6 is 0 Å². The van der Waals surface area contributed by atoms with E-state index in [-0.39, 0.29) is 11.4 Å². The van der Waals surface area contributed by atoms with Gasteiger partial charge in [0.2, 0.25) is 0 Å². The van der Waals surface area contributed by atoms with Gasteiger partial charge in [-0.3, -0.25) is 4.79 Å². The molecular weight excluding hydrogens is 240 g/mol. The first kappa shape index (κ1) is 17.4. The summed E-state index contributed by atoms with van der Waals surface area (Å²) in [5, 5.41) is 0. The third kappa shape index (κ3) is 9.07. The molecule has 0 heterocycles. The van der Waals surface area contributed by atoms with Gasteiger partial charge in [-0.05, 0) is 34.1 Å². The van der Waals surface area contributed by atoms with Gasteiger partial charge in [0.15, 0.2) is 5.78 Å². The van der Waals surface area contributed by atoms with E-state index in [0.717, 1.165) is 25.7 Å². The summed E-state index contributed by atoms with van der Waals surface area (Å²) in [5.74, 6) is 4.76. The van der Waals surface area contributed by atoms with E-state index in [0.29, 0.717) is 0 Å². The Kier molecular flexibility index (Phi) is 7.83. The molecule has 0 aliphatic heterocycles. The molecule has 0 amide bonds. The Hall–Kier alpha value is -1.56. The van der Waals surface area contributed by atoms with Gasteiger partial charge < -0.3 is 4.74 Å². The molecule has 106 valence electrons. The van der Waals surface area contributed by atoms with Crippen LogP contribution in [0.1, 0.15) is 60.3 Å². The summed E-state index contributed by atoms with van der Waals surface area (Å²) in [6, 6.07) is 0. The molecule has 0 rings (SSSR count). The van der Waals surface area contributed by atoms with Crippen molar-refractivity contribution in [1.82, 2.24) is 0 Å². The second-order valence-electron chi connectivity index (χ2n) is 5.39. The van der Waals surface area contributed by atoms with Crippen molar-refractivity contribution in [3.8, 4) is 11.8 Å². The quantitative estimate of drug-likeness (QED) is 0.191. The zero-order valence-electron chi connectivity index (χ0n) is 12.6. The molecule has 0 aliphatic rings. The van der Waals surface area contributed by atoms with Gasteiger partial charge in [0.25, 0.3) is 0 Å². The Morgan fingerprint density at radius 3 is 2.32 bits per heavy atom. The second kappa shape index (κ2) is 8.53. The fraction of sp³-hybridized carbons (Fsp3) is 0.625. The number of ketones is 1. The van der Waals surface area contributed by atoms with Crippen LogP contribution in [-0.4, -0.2) is 17.4 Å². The molecular formula is C16H24O3. The van der Waals surface area contributed by atoms with Crippen molar-refractivity contribution < 1.29 is 14.3 Å². The molecule has 0 aromatic carbocycles. The van der Waals surface area contributed by atoms with E-state index >= 15 is 0 Å². The number of allylic oxidation sites excluding steroid dienone is 1. The number of ether oxygens (including phenoxy) is 1. The van der Waals surface area contributed by atoms with E-state index in [1.807, 2.05) is 0 Å². The fourth-order valence-corrected chi connectivity index (χ4v) is 1.30. The summed E-state index contributed by atoms with van der Waals surface area (Å²) in [7, 11) is 0. The predicted octanol–water partition coefficient (Wildman–Crippen LogP) is 3.43. The minimum atomic E-state index is -0.611. The summed E-state index contributed by atoms with van der Waals surface area (Å²) in [6.45, 7) is 8.76. The predicted molar refractivity (Wildman–Crippen MR) is 76.5 cm³/mol.